The van der Waals surface area contributed by atoms with E-state index in [0.717, 1.165) is 23.2 Å². The number of carboxylic acid groups (broad SMARTS) is 1. The van der Waals surface area contributed by atoms with Crippen LogP contribution in [-0.2, 0) is 11.2 Å². The molecule has 0 radical (unpaired) electrons. The molecule has 7 nitrogen and oxygen atoms in total. The van der Waals surface area contributed by atoms with E-state index < -0.39 is 17.7 Å². The molecule has 178 valence electrons. The fraction of sp³-hybridized carbons (Fsp3) is 0.360. The molecule has 1 aromatic heterocycles. The number of alkyl halides is 1. The lowest BCUT2D eigenvalue weighted by Gasteiger charge is -2.34. The Bertz CT molecular complexity index is 1210. The molecule has 2 aliphatic rings. The molecule has 2 aliphatic heterocycles. The minimum atomic E-state index is -1.09. The average molecular weight is 469 g/mol. The normalized spacial score (nSPS) is 24.2. The summed E-state index contributed by atoms with van der Waals surface area (Å²) in [5.41, 5.74) is 1.93. The van der Waals surface area contributed by atoms with Crippen molar-refractivity contribution in [2.45, 2.75) is 43.9 Å². The summed E-state index contributed by atoms with van der Waals surface area (Å²) in [6, 6.07) is 9.07. The van der Waals surface area contributed by atoms with Crippen LogP contribution in [0.15, 0.2) is 48.8 Å². The second-order valence-corrected chi connectivity index (χ2v) is 9.07. The molecule has 0 bridgehead atoms. The number of aromatic nitrogens is 2. The van der Waals surface area contributed by atoms with Gasteiger partial charge in [0.2, 0.25) is 0 Å². The highest BCUT2D eigenvalue weighted by molar-refractivity contribution is 5.86. The molecule has 1 saturated heterocycles. The summed E-state index contributed by atoms with van der Waals surface area (Å²) in [6.45, 7) is 2.68. The van der Waals surface area contributed by atoms with Crippen molar-refractivity contribution in [1.82, 2.24) is 15.1 Å². The first-order valence-corrected chi connectivity index (χ1v) is 11.3. The van der Waals surface area contributed by atoms with Gasteiger partial charge in [-0.25, -0.2) is 13.6 Å². The average Bonchev–Trinajstić information content (AvgIpc) is 3.30. The number of rotatable bonds is 5. The summed E-state index contributed by atoms with van der Waals surface area (Å²) in [6.07, 6.45) is 3.97. The third-order valence-corrected chi connectivity index (χ3v) is 6.68. The summed E-state index contributed by atoms with van der Waals surface area (Å²) in [7, 11) is 0. The summed E-state index contributed by atoms with van der Waals surface area (Å²) in [5, 5.41) is 20.3. The van der Waals surface area contributed by atoms with E-state index in [1.165, 1.54) is 12.1 Å². The molecule has 3 N–H and O–H groups in total. The Morgan fingerprint density at radius 2 is 2.06 bits per heavy atom. The Morgan fingerprint density at radius 1 is 1.26 bits per heavy atom. The van der Waals surface area contributed by atoms with Crippen molar-refractivity contribution in [3.63, 3.8) is 0 Å². The van der Waals surface area contributed by atoms with Crippen molar-refractivity contribution in [1.29, 1.82) is 0 Å². The monoisotopic (exact) mass is 468 g/mol. The van der Waals surface area contributed by atoms with E-state index >= 15 is 0 Å². The first kappa shape index (κ1) is 22.3. The number of anilines is 1. The number of fused-ring (bicyclic) bond motifs is 1. The minimum absolute atomic E-state index is 0.297. The first-order valence-electron chi connectivity index (χ1n) is 11.3. The Balaban J connectivity index is 1.56. The molecule has 3 heterocycles. The molecule has 1 fully saturated rings. The van der Waals surface area contributed by atoms with E-state index in [2.05, 4.69) is 15.7 Å². The smallest absolute Gasteiger partial charge is 0.329 e. The van der Waals surface area contributed by atoms with Crippen molar-refractivity contribution in [3.8, 4) is 22.6 Å². The van der Waals surface area contributed by atoms with Crippen LogP contribution in [0.2, 0.25) is 0 Å². The van der Waals surface area contributed by atoms with E-state index in [4.69, 9.17) is 4.74 Å². The Hall–Kier alpha value is -3.46. The predicted molar refractivity (Wildman–Crippen MR) is 124 cm³/mol. The largest absolute Gasteiger partial charge is 0.480 e. The van der Waals surface area contributed by atoms with Crippen LogP contribution in [0.5, 0.6) is 11.5 Å². The van der Waals surface area contributed by atoms with E-state index in [-0.39, 0.29) is 11.9 Å². The van der Waals surface area contributed by atoms with Gasteiger partial charge in [-0.2, -0.15) is 5.10 Å². The van der Waals surface area contributed by atoms with Gasteiger partial charge in [0.25, 0.3) is 0 Å². The van der Waals surface area contributed by atoms with Crippen molar-refractivity contribution >= 4 is 11.7 Å². The predicted octanol–water partition coefficient (Wildman–Crippen LogP) is 4.56. The standard InChI is InChI=1S/C25H26F2N4O3/c1-25(24(32)33)10-8-19-21(30-25)7-6-18(23(19)34-17-4-2-16(26)3-5-17)15-12-29-31(14-15)22-9-11-28-13-20(22)27/h2-7,12,14,20,22,28,30H,8-11,13H2,1H3,(H,32,33)/t20-,22-,25-/m0/s1. The topological polar surface area (TPSA) is 88.4 Å². The highest BCUT2D eigenvalue weighted by atomic mass is 19.1. The van der Waals surface area contributed by atoms with Crippen LogP contribution in [0, 0.1) is 5.82 Å². The fourth-order valence-electron chi connectivity index (χ4n) is 4.62. The van der Waals surface area contributed by atoms with Gasteiger partial charge in [0.1, 0.15) is 29.0 Å². The third-order valence-electron chi connectivity index (χ3n) is 6.68. The van der Waals surface area contributed by atoms with Crippen molar-refractivity contribution in [3.05, 3.63) is 60.2 Å². The first-order chi connectivity index (χ1) is 16.3. The number of ether oxygens (including phenoxy) is 1. The molecular weight excluding hydrogens is 442 g/mol. The Morgan fingerprint density at radius 3 is 2.79 bits per heavy atom. The molecule has 0 spiro atoms. The zero-order valence-electron chi connectivity index (χ0n) is 18.7. The number of benzene rings is 2. The molecule has 0 aliphatic carbocycles. The van der Waals surface area contributed by atoms with Crippen LogP contribution in [0.3, 0.4) is 0 Å². The lowest BCUT2D eigenvalue weighted by atomic mass is 9.86. The zero-order chi connectivity index (χ0) is 23.9. The van der Waals surface area contributed by atoms with Crippen molar-refractivity contribution in [2.24, 2.45) is 0 Å². The second-order valence-electron chi connectivity index (χ2n) is 9.07. The lowest BCUT2D eigenvalue weighted by Crippen LogP contribution is -2.46. The highest BCUT2D eigenvalue weighted by Gasteiger charge is 2.38. The van der Waals surface area contributed by atoms with Crippen LogP contribution < -0.4 is 15.4 Å². The number of carboxylic acids is 1. The maximum atomic E-state index is 14.5. The SMILES string of the molecule is C[C@@]1(C(=O)O)CCc2c(ccc(-c3cnn([C@H]4CCNC[C@@H]4F)c3)c2Oc2ccc(F)cc2)N1. The van der Waals surface area contributed by atoms with Crippen LogP contribution >= 0.6 is 0 Å². The van der Waals surface area contributed by atoms with Crippen molar-refractivity contribution in [2.75, 3.05) is 18.4 Å². The fourth-order valence-corrected chi connectivity index (χ4v) is 4.62. The van der Waals surface area contributed by atoms with Crippen LogP contribution in [0.25, 0.3) is 11.1 Å². The number of nitrogens with zero attached hydrogens (tertiary/aromatic N) is 2. The Kier molecular flexibility index (Phi) is 5.73. The number of nitrogens with one attached hydrogen (secondary N) is 2. The second kappa shape index (κ2) is 8.72. The highest BCUT2D eigenvalue weighted by Crippen LogP contribution is 2.44. The van der Waals surface area contributed by atoms with Gasteiger partial charge in [0.05, 0.1) is 12.2 Å². The molecule has 3 atom stereocenters. The maximum Gasteiger partial charge on any atom is 0.329 e. The number of hydrogen-bond donors (Lipinski definition) is 3. The minimum Gasteiger partial charge on any atom is -0.480 e. The summed E-state index contributed by atoms with van der Waals surface area (Å²) >= 11 is 0. The molecule has 0 unspecified atom stereocenters. The molecule has 2 aromatic carbocycles. The maximum absolute atomic E-state index is 14.5. The van der Waals surface area contributed by atoms with E-state index in [9.17, 15) is 18.7 Å². The quantitative estimate of drug-likeness (QED) is 0.509. The molecule has 5 rings (SSSR count). The number of halogens is 2. The van der Waals surface area contributed by atoms with Crippen LogP contribution in [-0.4, -0.2) is 45.7 Å². The molecule has 34 heavy (non-hydrogen) atoms. The molecule has 3 aromatic rings. The van der Waals surface area contributed by atoms with Gasteiger partial charge in [0, 0.05) is 35.1 Å². The molecule has 0 saturated carbocycles. The van der Waals surface area contributed by atoms with Gasteiger partial charge in [-0.3, -0.25) is 4.68 Å². The van der Waals surface area contributed by atoms with Gasteiger partial charge in [-0.05, 0) is 69.1 Å². The van der Waals surface area contributed by atoms with Gasteiger partial charge in [0.15, 0.2) is 0 Å². The van der Waals surface area contributed by atoms with E-state index in [0.29, 0.717) is 43.0 Å². The third kappa shape index (κ3) is 4.11. The zero-order valence-corrected chi connectivity index (χ0v) is 18.7. The summed E-state index contributed by atoms with van der Waals surface area (Å²) < 4.78 is 35.8. The molecule has 9 heteroatoms. The van der Waals surface area contributed by atoms with Crippen molar-refractivity contribution < 1.29 is 23.4 Å². The van der Waals surface area contributed by atoms with Crippen LogP contribution in [0.1, 0.15) is 31.4 Å². The number of aliphatic carboxylic acids is 1. The number of hydrogen-bond acceptors (Lipinski definition) is 5. The van der Waals surface area contributed by atoms with Gasteiger partial charge >= 0.3 is 5.97 Å². The Labute approximate surface area is 195 Å². The summed E-state index contributed by atoms with van der Waals surface area (Å²) in [4.78, 5) is 11.8. The van der Waals surface area contributed by atoms with Gasteiger partial charge in [-0.1, -0.05) is 0 Å². The number of carbonyl (C=O) groups is 1. The molecular formula is C25H26F2N4O3. The summed E-state index contributed by atoms with van der Waals surface area (Å²) in [5.74, 6) is -0.291. The van der Waals surface area contributed by atoms with Gasteiger partial charge < -0.3 is 20.5 Å². The number of piperidine rings is 1. The van der Waals surface area contributed by atoms with E-state index in [1.807, 2.05) is 18.3 Å². The molecule has 0 amide bonds. The van der Waals surface area contributed by atoms with Gasteiger partial charge in [-0.15, -0.1) is 0 Å². The van der Waals surface area contributed by atoms with Crippen LogP contribution in [0.4, 0.5) is 14.5 Å². The lowest BCUT2D eigenvalue weighted by molar-refractivity contribution is -0.142. The van der Waals surface area contributed by atoms with E-state index in [1.54, 1.807) is 29.9 Å².